The summed E-state index contributed by atoms with van der Waals surface area (Å²) in [6, 6.07) is 0. The van der Waals surface area contributed by atoms with E-state index in [1.165, 1.54) is 18.6 Å². The van der Waals surface area contributed by atoms with Gasteiger partial charge in [-0.2, -0.15) is 0 Å². The number of hydrogen-bond acceptors (Lipinski definition) is 5. The van der Waals surface area contributed by atoms with Gasteiger partial charge in [0.2, 0.25) is 12.3 Å². The maximum absolute atomic E-state index is 8.94. The summed E-state index contributed by atoms with van der Waals surface area (Å²) >= 11 is 0. The summed E-state index contributed by atoms with van der Waals surface area (Å²) in [4.78, 5) is 16.0. The zero-order chi connectivity index (χ0) is 8.53. The van der Waals surface area contributed by atoms with E-state index in [1.807, 2.05) is 0 Å². The molecule has 0 aromatic carbocycles. The van der Waals surface area contributed by atoms with E-state index in [1.54, 1.807) is 5.43 Å². The number of hydrogen-bond donors (Lipinski definition) is 3. The number of nitrogens with zero attached hydrogens (tertiary/aromatic N) is 2. The van der Waals surface area contributed by atoms with E-state index in [0.717, 1.165) is 0 Å². The average Bonchev–Trinajstić information content (AvgIpc) is 2.07. The fraction of sp³-hybridized carbons (Fsp3) is 0. The quantitative estimate of drug-likeness (QED) is 0.205. The highest BCUT2D eigenvalue weighted by Crippen LogP contribution is 1.92. The second-order valence-electron chi connectivity index (χ2n) is 1.35. The van der Waals surface area contributed by atoms with Gasteiger partial charge in [-0.1, -0.05) is 0 Å². The lowest BCUT2D eigenvalue weighted by Crippen LogP contribution is -2.18. The number of nitrogens with one attached hydrogen (secondary N) is 1. The monoisotopic (exact) mass is 156 g/mol. The van der Waals surface area contributed by atoms with E-state index >= 15 is 0 Å². The normalized spacial score (nSPS) is 7.36. The Labute approximate surface area is 63.1 Å². The summed E-state index contributed by atoms with van der Waals surface area (Å²) in [6.07, 6.45) is 4.61. The Kier molecular flexibility index (Phi) is 5.44. The number of carbonyl (C=O) groups excluding carboxylic acids is 1. The molecule has 0 atom stereocenters. The first-order chi connectivity index (χ1) is 5.31. The van der Waals surface area contributed by atoms with Gasteiger partial charge in [0.1, 0.15) is 0 Å². The second kappa shape index (κ2) is 6.43. The Balaban J connectivity index is 0.000000218. The number of amides is 1. The minimum Gasteiger partial charge on any atom is -0.492 e. The summed E-state index contributed by atoms with van der Waals surface area (Å²) in [6.45, 7) is 0. The Hall–Kier alpha value is -1.69. The van der Waals surface area contributed by atoms with Crippen molar-refractivity contribution in [2.75, 3.05) is 0 Å². The van der Waals surface area contributed by atoms with Crippen LogP contribution in [0.25, 0.3) is 0 Å². The summed E-state index contributed by atoms with van der Waals surface area (Å²) in [7, 11) is 0. The fourth-order valence-electron chi connectivity index (χ4n) is 0.291. The van der Waals surface area contributed by atoms with Crippen LogP contribution in [-0.2, 0) is 4.79 Å². The van der Waals surface area contributed by atoms with E-state index in [-0.39, 0.29) is 5.88 Å². The van der Waals surface area contributed by atoms with Crippen LogP contribution in [0.1, 0.15) is 0 Å². The number of nitrogens with two attached hydrogens (primary N) is 1. The van der Waals surface area contributed by atoms with Gasteiger partial charge in [-0.05, 0) is 0 Å². The van der Waals surface area contributed by atoms with Gasteiger partial charge in [0.05, 0.1) is 6.20 Å². The van der Waals surface area contributed by atoms with Gasteiger partial charge in [-0.15, -0.1) is 0 Å². The molecule has 0 fully saturated rings. The molecule has 1 rings (SSSR count). The fourth-order valence-corrected chi connectivity index (χ4v) is 0.291. The molecule has 4 N–H and O–H groups in total. The number of rotatable bonds is 1. The van der Waals surface area contributed by atoms with Crippen molar-refractivity contribution in [2.45, 2.75) is 0 Å². The van der Waals surface area contributed by atoms with Crippen molar-refractivity contribution in [1.82, 2.24) is 15.4 Å². The van der Waals surface area contributed by atoms with Crippen molar-refractivity contribution in [3.63, 3.8) is 0 Å². The zero-order valence-electron chi connectivity index (χ0n) is 5.64. The lowest BCUT2D eigenvalue weighted by molar-refractivity contribution is -0.109. The number of aromatic hydroxyl groups is 1. The van der Waals surface area contributed by atoms with Crippen LogP contribution in [0, 0.1) is 0 Å². The third-order valence-corrected chi connectivity index (χ3v) is 0.618. The molecule has 6 heteroatoms. The molecule has 1 amide bonds. The van der Waals surface area contributed by atoms with Crippen molar-refractivity contribution < 1.29 is 9.90 Å². The van der Waals surface area contributed by atoms with E-state index in [4.69, 9.17) is 9.90 Å². The van der Waals surface area contributed by atoms with Crippen LogP contribution in [-0.4, -0.2) is 21.5 Å². The van der Waals surface area contributed by atoms with Gasteiger partial charge in [0, 0.05) is 12.4 Å². The minimum atomic E-state index is -0.0394. The minimum absolute atomic E-state index is 0.0394. The van der Waals surface area contributed by atoms with Crippen molar-refractivity contribution >= 4 is 6.41 Å². The summed E-state index contributed by atoms with van der Waals surface area (Å²) in [5.74, 6) is 4.37. The van der Waals surface area contributed by atoms with Gasteiger partial charge in [0.25, 0.3) is 0 Å². The van der Waals surface area contributed by atoms with Crippen LogP contribution < -0.4 is 11.3 Å². The molecule has 11 heavy (non-hydrogen) atoms. The van der Waals surface area contributed by atoms with Crippen LogP contribution in [0.3, 0.4) is 0 Å². The molecule has 0 radical (unpaired) electrons. The lowest BCUT2D eigenvalue weighted by Gasteiger charge is -1.81. The van der Waals surface area contributed by atoms with Gasteiger partial charge in [-0.3, -0.25) is 15.2 Å². The first-order valence-electron chi connectivity index (χ1n) is 2.66. The van der Waals surface area contributed by atoms with Crippen molar-refractivity contribution in [3.05, 3.63) is 18.6 Å². The van der Waals surface area contributed by atoms with E-state index in [2.05, 4.69) is 15.8 Å². The molecular formula is C5H8N4O2. The highest BCUT2D eigenvalue weighted by Gasteiger charge is 1.77. The third-order valence-electron chi connectivity index (χ3n) is 0.618. The molecule has 0 saturated carbocycles. The van der Waals surface area contributed by atoms with Crippen LogP contribution in [0.15, 0.2) is 18.6 Å². The summed E-state index contributed by atoms with van der Waals surface area (Å²) in [5.41, 5.74) is 1.75. The topological polar surface area (TPSA) is 101 Å². The highest BCUT2D eigenvalue weighted by atomic mass is 16.3. The molecule has 1 aromatic rings. The molecule has 1 heterocycles. The molecule has 0 aliphatic carbocycles. The first kappa shape index (κ1) is 9.31. The van der Waals surface area contributed by atoms with Gasteiger partial charge < -0.3 is 5.11 Å². The standard InChI is InChI=1S/C4H4N2O.CH4N2O/c7-4-3-5-1-2-6-4;2-3-1-4/h1-3H,(H,6,7);1H,2H2,(H,3,4). The highest BCUT2D eigenvalue weighted by molar-refractivity contribution is 5.44. The van der Waals surface area contributed by atoms with Crippen LogP contribution in [0.4, 0.5) is 0 Å². The molecular weight excluding hydrogens is 148 g/mol. The van der Waals surface area contributed by atoms with Crippen LogP contribution >= 0.6 is 0 Å². The predicted molar refractivity (Wildman–Crippen MR) is 37.1 cm³/mol. The Bertz CT molecular complexity index is 191. The smallest absolute Gasteiger partial charge is 0.229 e. The number of carbonyl (C=O) groups is 1. The predicted octanol–water partition coefficient (Wildman–Crippen LogP) is -1.21. The maximum Gasteiger partial charge on any atom is 0.229 e. The zero-order valence-corrected chi connectivity index (χ0v) is 5.64. The second-order valence-corrected chi connectivity index (χ2v) is 1.35. The lowest BCUT2D eigenvalue weighted by atomic mass is 10.7. The van der Waals surface area contributed by atoms with Gasteiger partial charge >= 0.3 is 0 Å². The average molecular weight is 156 g/mol. The van der Waals surface area contributed by atoms with Crippen molar-refractivity contribution in [1.29, 1.82) is 0 Å². The Morgan fingerprint density at radius 3 is 2.45 bits per heavy atom. The number of hydrazine groups is 1. The molecule has 0 unspecified atom stereocenters. The molecule has 0 bridgehead atoms. The van der Waals surface area contributed by atoms with Gasteiger partial charge in [-0.25, -0.2) is 10.8 Å². The van der Waals surface area contributed by atoms with Crippen molar-refractivity contribution in [2.24, 2.45) is 5.84 Å². The largest absolute Gasteiger partial charge is 0.492 e. The molecule has 60 valence electrons. The SMILES string of the molecule is NNC=O.Oc1cnccn1. The third kappa shape index (κ3) is 6.19. The van der Waals surface area contributed by atoms with Gasteiger partial charge in [0.15, 0.2) is 0 Å². The molecule has 1 aromatic heterocycles. The maximum atomic E-state index is 8.94. The molecule has 0 aliphatic heterocycles. The Morgan fingerprint density at radius 1 is 1.64 bits per heavy atom. The molecule has 0 spiro atoms. The Morgan fingerprint density at radius 2 is 2.27 bits per heavy atom. The van der Waals surface area contributed by atoms with Crippen LogP contribution in [0.2, 0.25) is 0 Å². The summed E-state index contributed by atoms with van der Waals surface area (Å²) in [5, 5.41) is 8.46. The van der Waals surface area contributed by atoms with E-state index in [0.29, 0.717) is 6.41 Å². The summed E-state index contributed by atoms with van der Waals surface area (Å²) < 4.78 is 0. The van der Waals surface area contributed by atoms with Crippen molar-refractivity contribution in [3.8, 4) is 5.88 Å². The first-order valence-corrected chi connectivity index (χ1v) is 2.66. The molecule has 0 aliphatic rings. The molecule has 0 saturated heterocycles. The molecule has 6 nitrogen and oxygen atoms in total. The van der Waals surface area contributed by atoms with E-state index < -0.39 is 0 Å². The van der Waals surface area contributed by atoms with E-state index in [9.17, 15) is 0 Å². The number of aromatic nitrogens is 2. The van der Waals surface area contributed by atoms with Crippen LogP contribution in [0.5, 0.6) is 5.88 Å².